The number of hydrogen-bond donors (Lipinski definition) is 0. The van der Waals surface area contributed by atoms with E-state index < -0.39 is 5.97 Å². The number of hydrogen-bond acceptors (Lipinski definition) is 3. The van der Waals surface area contributed by atoms with Crippen LogP contribution in [0.2, 0.25) is 0 Å². The molecule has 3 aromatic rings. The van der Waals surface area contributed by atoms with E-state index in [0.717, 1.165) is 16.7 Å². The molecule has 0 saturated heterocycles. The molecule has 0 aromatic heterocycles. The first-order chi connectivity index (χ1) is 12.3. The van der Waals surface area contributed by atoms with Crippen molar-refractivity contribution in [2.75, 3.05) is 7.11 Å². The van der Waals surface area contributed by atoms with Crippen LogP contribution in [0.15, 0.2) is 84.9 Å². The zero-order chi connectivity index (χ0) is 17.5. The Morgan fingerprint density at radius 2 is 1.44 bits per heavy atom. The maximum absolute atomic E-state index is 12.2. The number of benzene rings is 3. The predicted molar refractivity (Wildman–Crippen MR) is 99.5 cm³/mol. The standard InChI is InChI=1S/C22H18O3/c1-24-20-13-7-5-11-18(20)15-16-22(23)25-21-14-8-6-12-19(21)17-9-3-2-4-10-17/h2-16H,1H3. The van der Waals surface area contributed by atoms with Crippen LogP contribution < -0.4 is 9.47 Å². The van der Waals surface area contributed by atoms with Gasteiger partial charge in [-0.2, -0.15) is 0 Å². The zero-order valence-corrected chi connectivity index (χ0v) is 13.9. The molecule has 0 atom stereocenters. The summed E-state index contributed by atoms with van der Waals surface area (Å²) >= 11 is 0. The van der Waals surface area contributed by atoms with Crippen LogP contribution in [0, 0.1) is 0 Å². The monoisotopic (exact) mass is 330 g/mol. The highest BCUT2D eigenvalue weighted by atomic mass is 16.5. The van der Waals surface area contributed by atoms with Crippen molar-refractivity contribution in [1.82, 2.24) is 0 Å². The van der Waals surface area contributed by atoms with Gasteiger partial charge in [0, 0.05) is 17.2 Å². The molecule has 0 bridgehead atoms. The first kappa shape index (κ1) is 16.5. The lowest BCUT2D eigenvalue weighted by Gasteiger charge is -2.09. The number of esters is 1. The summed E-state index contributed by atoms with van der Waals surface area (Å²) in [5.41, 5.74) is 2.69. The van der Waals surface area contributed by atoms with E-state index in [4.69, 9.17) is 9.47 Å². The van der Waals surface area contributed by atoms with Crippen molar-refractivity contribution >= 4 is 12.0 Å². The summed E-state index contributed by atoms with van der Waals surface area (Å²) in [6.07, 6.45) is 3.09. The third kappa shape index (κ3) is 4.15. The third-order valence-electron chi connectivity index (χ3n) is 3.72. The molecule has 0 amide bonds. The van der Waals surface area contributed by atoms with Crippen molar-refractivity contribution < 1.29 is 14.3 Å². The van der Waals surface area contributed by atoms with E-state index in [1.165, 1.54) is 6.08 Å². The predicted octanol–water partition coefficient (Wildman–Crippen LogP) is 4.98. The fourth-order valence-corrected chi connectivity index (χ4v) is 2.52. The lowest BCUT2D eigenvalue weighted by Crippen LogP contribution is -2.04. The van der Waals surface area contributed by atoms with Crippen LogP contribution >= 0.6 is 0 Å². The van der Waals surface area contributed by atoms with E-state index in [1.54, 1.807) is 19.3 Å². The Morgan fingerprint density at radius 3 is 2.20 bits per heavy atom. The first-order valence-electron chi connectivity index (χ1n) is 7.95. The number of carbonyl (C=O) groups excluding carboxylic acids is 1. The Labute approximate surface area is 147 Å². The van der Waals surface area contributed by atoms with Crippen LogP contribution in [0.4, 0.5) is 0 Å². The van der Waals surface area contributed by atoms with Gasteiger partial charge in [-0.3, -0.25) is 0 Å². The highest BCUT2D eigenvalue weighted by Crippen LogP contribution is 2.29. The first-order valence-corrected chi connectivity index (χ1v) is 7.95. The third-order valence-corrected chi connectivity index (χ3v) is 3.72. The molecule has 0 aliphatic rings. The highest BCUT2D eigenvalue weighted by molar-refractivity contribution is 5.90. The van der Waals surface area contributed by atoms with E-state index in [-0.39, 0.29) is 0 Å². The van der Waals surface area contributed by atoms with Crippen molar-refractivity contribution in [3.63, 3.8) is 0 Å². The van der Waals surface area contributed by atoms with E-state index in [0.29, 0.717) is 11.5 Å². The molecule has 0 spiro atoms. The van der Waals surface area contributed by atoms with Gasteiger partial charge < -0.3 is 9.47 Å². The molecule has 124 valence electrons. The smallest absolute Gasteiger partial charge is 0.336 e. The highest BCUT2D eigenvalue weighted by Gasteiger charge is 2.08. The number of methoxy groups -OCH3 is 1. The van der Waals surface area contributed by atoms with Crippen molar-refractivity contribution in [1.29, 1.82) is 0 Å². The maximum atomic E-state index is 12.2. The molecule has 0 heterocycles. The topological polar surface area (TPSA) is 35.5 Å². The van der Waals surface area contributed by atoms with Gasteiger partial charge in [-0.05, 0) is 23.8 Å². The fraction of sp³-hybridized carbons (Fsp3) is 0.0455. The van der Waals surface area contributed by atoms with Gasteiger partial charge in [-0.15, -0.1) is 0 Å². The SMILES string of the molecule is COc1ccccc1C=CC(=O)Oc1ccccc1-c1ccccc1. The second kappa shape index (κ2) is 7.97. The molecular weight excluding hydrogens is 312 g/mol. The summed E-state index contributed by atoms with van der Waals surface area (Å²) in [5.74, 6) is 0.800. The average molecular weight is 330 g/mol. The molecule has 0 saturated carbocycles. The molecule has 3 heteroatoms. The number of carbonyl (C=O) groups is 1. The molecule has 0 radical (unpaired) electrons. The van der Waals surface area contributed by atoms with E-state index in [9.17, 15) is 4.79 Å². The second-order valence-electron chi connectivity index (χ2n) is 5.36. The van der Waals surface area contributed by atoms with Gasteiger partial charge in [-0.1, -0.05) is 66.7 Å². The lowest BCUT2D eigenvalue weighted by molar-refractivity contribution is -0.128. The van der Waals surface area contributed by atoms with Crippen LogP contribution in [-0.2, 0) is 4.79 Å². The van der Waals surface area contributed by atoms with E-state index >= 15 is 0 Å². The minimum absolute atomic E-state index is 0.436. The average Bonchev–Trinajstić information content (AvgIpc) is 2.67. The zero-order valence-electron chi connectivity index (χ0n) is 13.9. The Hall–Kier alpha value is -3.33. The van der Waals surface area contributed by atoms with Crippen LogP contribution in [-0.4, -0.2) is 13.1 Å². The molecule has 0 aliphatic heterocycles. The van der Waals surface area contributed by atoms with Crippen LogP contribution in [0.5, 0.6) is 11.5 Å². The summed E-state index contributed by atoms with van der Waals surface area (Å²) in [6, 6.07) is 24.8. The molecule has 3 aromatic carbocycles. The lowest BCUT2D eigenvalue weighted by atomic mass is 10.1. The summed E-state index contributed by atoms with van der Waals surface area (Å²) in [4.78, 5) is 12.2. The largest absolute Gasteiger partial charge is 0.496 e. The van der Waals surface area contributed by atoms with Gasteiger partial charge in [0.25, 0.3) is 0 Å². The van der Waals surface area contributed by atoms with Gasteiger partial charge in [-0.25, -0.2) is 4.79 Å². The van der Waals surface area contributed by atoms with Crippen LogP contribution in [0.25, 0.3) is 17.2 Å². The Balaban J connectivity index is 1.79. The summed E-state index contributed by atoms with van der Waals surface area (Å²) < 4.78 is 10.8. The van der Waals surface area contributed by atoms with Crippen LogP contribution in [0.3, 0.4) is 0 Å². The molecule has 3 nitrogen and oxygen atoms in total. The van der Waals surface area contributed by atoms with E-state index in [2.05, 4.69) is 0 Å². The second-order valence-corrected chi connectivity index (χ2v) is 5.36. The van der Waals surface area contributed by atoms with E-state index in [1.807, 2.05) is 72.8 Å². The van der Waals surface area contributed by atoms with Crippen molar-refractivity contribution in [3.05, 3.63) is 90.5 Å². The minimum atomic E-state index is -0.436. The molecule has 0 N–H and O–H groups in total. The minimum Gasteiger partial charge on any atom is -0.496 e. The van der Waals surface area contributed by atoms with Gasteiger partial charge in [0.05, 0.1) is 7.11 Å². The van der Waals surface area contributed by atoms with Gasteiger partial charge >= 0.3 is 5.97 Å². The number of ether oxygens (including phenoxy) is 2. The maximum Gasteiger partial charge on any atom is 0.336 e. The molecule has 25 heavy (non-hydrogen) atoms. The molecule has 0 aliphatic carbocycles. The van der Waals surface area contributed by atoms with Crippen molar-refractivity contribution in [2.45, 2.75) is 0 Å². The quantitative estimate of drug-likeness (QED) is 0.376. The Kier molecular flexibility index (Phi) is 5.27. The summed E-state index contributed by atoms with van der Waals surface area (Å²) in [7, 11) is 1.60. The Morgan fingerprint density at radius 1 is 0.800 bits per heavy atom. The summed E-state index contributed by atoms with van der Waals surface area (Å²) in [5, 5.41) is 0. The Bertz CT molecular complexity index is 883. The molecule has 0 fully saturated rings. The summed E-state index contributed by atoms with van der Waals surface area (Å²) in [6.45, 7) is 0. The number of rotatable bonds is 5. The molecule has 0 unspecified atom stereocenters. The van der Waals surface area contributed by atoms with Gasteiger partial charge in [0.2, 0.25) is 0 Å². The van der Waals surface area contributed by atoms with Crippen molar-refractivity contribution in [3.8, 4) is 22.6 Å². The van der Waals surface area contributed by atoms with Gasteiger partial charge in [0.15, 0.2) is 0 Å². The van der Waals surface area contributed by atoms with Gasteiger partial charge in [0.1, 0.15) is 11.5 Å². The molecular formula is C22H18O3. The van der Waals surface area contributed by atoms with Crippen molar-refractivity contribution in [2.24, 2.45) is 0 Å². The normalized spacial score (nSPS) is 10.6. The fourth-order valence-electron chi connectivity index (χ4n) is 2.52. The number of para-hydroxylation sites is 2. The molecule has 3 rings (SSSR count). The van der Waals surface area contributed by atoms with Crippen LogP contribution in [0.1, 0.15) is 5.56 Å².